The number of anilines is 1. The summed E-state index contributed by atoms with van der Waals surface area (Å²) in [5.74, 6) is 0.520. The SMILES string of the molecule is COc1cc2c(cc1C(=O)Nc1cnc(C(C)(C)C)s1)CCCCC2. The normalized spacial score (nSPS) is 14.6. The Hall–Kier alpha value is -1.88. The molecule has 0 spiro atoms. The van der Waals surface area contributed by atoms with Crippen LogP contribution in [0, 0.1) is 0 Å². The quantitative estimate of drug-likeness (QED) is 0.788. The third-order valence-corrected chi connectivity index (χ3v) is 5.88. The molecule has 1 amide bonds. The number of methoxy groups -OCH3 is 1. The number of nitrogens with one attached hydrogen (secondary N) is 1. The number of ether oxygens (including phenoxy) is 1. The van der Waals surface area contributed by atoms with E-state index in [1.165, 1.54) is 41.7 Å². The molecule has 0 aliphatic heterocycles. The second-order valence-corrected chi connectivity index (χ2v) is 8.65. The smallest absolute Gasteiger partial charge is 0.260 e. The number of carbonyl (C=O) groups excluding carboxylic acids is 1. The van der Waals surface area contributed by atoms with Gasteiger partial charge in [0, 0.05) is 5.41 Å². The Bertz CT molecular complexity index is 774. The van der Waals surface area contributed by atoms with Gasteiger partial charge in [-0.15, -0.1) is 11.3 Å². The summed E-state index contributed by atoms with van der Waals surface area (Å²) < 4.78 is 5.50. The molecule has 0 fully saturated rings. The van der Waals surface area contributed by atoms with Gasteiger partial charge in [0.1, 0.15) is 10.8 Å². The highest BCUT2D eigenvalue weighted by molar-refractivity contribution is 7.16. The average molecular weight is 359 g/mol. The van der Waals surface area contributed by atoms with Crippen molar-refractivity contribution in [3.05, 3.63) is 40.0 Å². The molecular formula is C20H26N2O2S. The maximum Gasteiger partial charge on any atom is 0.260 e. The van der Waals surface area contributed by atoms with Crippen molar-refractivity contribution in [2.45, 2.75) is 58.3 Å². The number of hydrogen-bond acceptors (Lipinski definition) is 4. The van der Waals surface area contributed by atoms with Crippen LogP contribution in [-0.2, 0) is 18.3 Å². The molecule has 2 aromatic rings. The number of nitrogens with zero attached hydrogens (tertiary/aromatic N) is 1. The topological polar surface area (TPSA) is 51.2 Å². The Labute approximate surface area is 153 Å². The Morgan fingerprint density at radius 1 is 1.16 bits per heavy atom. The van der Waals surface area contributed by atoms with E-state index in [4.69, 9.17) is 4.74 Å². The molecule has 1 aromatic heterocycles. The minimum Gasteiger partial charge on any atom is -0.496 e. The molecule has 1 N–H and O–H groups in total. The van der Waals surface area contributed by atoms with Gasteiger partial charge in [-0.25, -0.2) is 4.98 Å². The highest BCUT2D eigenvalue weighted by Gasteiger charge is 2.21. The molecule has 25 heavy (non-hydrogen) atoms. The van der Waals surface area contributed by atoms with E-state index in [9.17, 15) is 4.79 Å². The van der Waals surface area contributed by atoms with Gasteiger partial charge in [0.25, 0.3) is 5.91 Å². The van der Waals surface area contributed by atoms with E-state index in [0.29, 0.717) is 11.3 Å². The molecule has 0 saturated carbocycles. The lowest BCUT2D eigenvalue weighted by molar-refractivity contribution is 0.102. The van der Waals surface area contributed by atoms with Crippen molar-refractivity contribution in [1.82, 2.24) is 4.98 Å². The van der Waals surface area contributed by atoms with E-state index in [2.05, 4.69) is 31.1 Å². The maximum absolute atomic E-state index is 12.8. The van der Waals surface area contributed by atoms with Crippen molar-refractivity contribution < 1.29 is 9.53 Å². The molecule has 1 aliphatic rings. The fraction of sp³-hybridized carbons (Fsp3) is 0.500. The molecule has 5 heteroatoms. The molecule has 0 atom stereocenters. The summed E-state index contributed by atoms with van der Waals surface area (Å²) in [4.78, 5) is 17.2. The maximum atomic E-state index is 12.8. The van der Waals surface area contributed by atoms with Gasteiger partial charge in [-0.05, 0) is 48.9 Å². The first kappa shape index (κ1) is 17.9. The van der Waals surface area contributed by atoms with Gasteiger partial charge >= 0.3 is 0 Å². The molecule has 3 rings (SSSR count). The monoisotopic (exact) mass is 358 g/mol. The van der Waals surface area contributed by atoms with Crippen LogP contribution in [0.5, 0.6) is 5.75 Å². The Kier molecular flexibility index (Phi) is 5.13. The first-order chi connectivity index (χ1) is 11.9. The van der Waals surface area contributed by atoms with E-state index in [1.807, 2.05) is 12.1 Å². The molecular weight excluding hydrogens is 332 g/mol. The summed E-state index contributed by atoms with van der Waals surface area (Å²) >= 11 is 1.52. The summed E-state index contributed by atoms with van der Waals surface area (Å²) in [6, 6.07) is 4.06. The van der Waals surface area contributed by atoms with Crippen LogP contribution in [0.15, 0.2) is 18.3 Å². The van der Waals surface area contributed by atoms with Crippen LogP contribution in [0.1, 0.15) is 66.5 Å². The standard InChI is InChI=1S/C20H26N2O2S/c1-20(2,3)19-21-12-17(25-19)22-18(23)15-10-13-8-6-5-7-9-14(13)11-16(15)24-4/h10-12H,5-9H2,1-4H3,(H,22,23). The molecule has 1 aromatic carbocycles. The predicted molar refractivity (Wildman–Crippen MR) is 103 cm³/mol. The van der Waals surface area contributed by atoms with E-state index in [-0.39, 0.29) is 11.3 Å². The Morgan fingerprint density at radius 3 is 2.44 bits per heavy atom. The largest absolute Gasteiger partial charge is 0.496 e. The fourth-order valence-electron chi connectivity index (χ4n) is 3.14. The van der Waals surface area contributed by atoms with Crippen molar-refractivity contribution >= 4 is 22.2 Å². The molecule has 0 bridgehead atoms. The fourth-order valence-corrected chi connectivity index (χ4v) is 4.01. The van der Waals surface area contributed by atoms with Crippen molar-refractivity contribution in [3.63, 3.8) is 0 Å². The Morgan fingerprint density at radius 2 is 1.84 bits per heavy atom. The van der Waals surface area contributed by atoms with E-state index in [1.54, 1.807) is 13.3 Å². The third kappa shape index (κ3) is 4.03. The number of carbonyl (C=O) groups is 1. The summed E-state index contributed by atoms with van der Waals surface area (Å²) in [7, 11) is 1.62. The molecule has 0 unspecified atom stereocenters. The summed E-state index contributed by atoms with van der Waals surface area (Å²) in [5.41, 5.74) is 3.19. The van der Waals surface area contributed by atoms with Crippen LogP contribution in [0.4, 0.5) is 5.00 Å². The lowest BCUT2D eigenvalue weighted by Crippen LogP contribution is -2.13. The van der Waals surface area contributed by atoms with Crippen molar-refractivity contribution in [2.75, 3.05) is 12.4 Å². The van der Waals surface area contributed by atoms with E-state index < -0.39 is 0 Å². The minimum atomic E-state index is -0.131. The van der Waals surface area contributed by atoms with Crippen LogP contribution in [0.2, 0.25) is 0 Å². The lowest BCUT2D eigenvalue weighted by Gasteiger charge is -2.14. The minimum absolute atomic E-state index is 0.0184. The molecule has 0 saturated heterocycles. The van der Waals surface area contributed by atoms with Crippen LogP contribution in [-0.4, -0.2) is 18.0 Å². The zero-order chi connectivity index (χ0) is 18.0. The third-order valence-electron chi connectivity index (χ3n) is 4.54. The lowest BCUT2D eigenvalue weighted by atomic mass is 9.98. The Balaban J connectivity index is 1.86. The number of amides is 1. The van der Waals surface area contributed by atoms with Gasteiger partial charge in [-0.3, -0.25) is 4.79 Å². The highest BCUT2D eigenvalue weighted by atomic mass is 32.1. The van der Waals surface area contributed by atoms with Gasteiger partial charge in [0.15, 0.2) is 0 Å². The molecule has 134 valence electrons. The molecule has 1 heterocycles. The van der Waals surface area contributed by atoms with Gasteiger partial charge in [-0.1, -0.05) is 27.2 Å². The van der Waals surface area contributed by atoms with Gasteiger partial charge in [0.2, 0.25) is 0 Å². The van der Waals surface area contributed by atoms with Crippen LogP contribution in [0.25, 0.3) is 0 Å². The summed E-state index contributed by atoms with van der Waals surface area (Å²) in [6.07, 6.45) is 7.47. The van der Waals surface area contributed by atoms with Gasteiger partial charge in [0.05, 0.1) is 23.9 Å². The summed E-state index contributed by atoms with van der Waals surface area (Å²) in [6.45, 7) is 6.35. The number of benzene rings is 1. The number of fused-ring (bicyclic) bond motifs is 1. The van der Waals surface area contributed by atoms with E-state index in [0.717, 1.165) is 22.9 Å². The zero-order valence-electron chi connectivity index (χ0n) is 15.4. The zero-order valence-corrected chi connectivity index (χ0v) is 16.3. The predicted octanol–water partition coefficient (Wildman–Crippen LogP) is 4.97. The molecule has 1 aliphatic carbocycles. The average Bonchev–Trinajstić information content (AvgIpc) is 2.91. The van der Waals surface area contributed by atoms with Gasteiger partial charge in [-0.2, -0.15) is 0 Å². The molecule has 0 radical (unpaired) electrons. The van der Waals surface area contributed by atoms with Crippen molar-refractivity contribution in [3.8, 4) is 5.75 Å². The van der Waals surface area contributed by atoms with Crippen molar-refractivity contribution in [2.24, 2.45) is 0 Å². The number of thiazole rings is 1. The van der Waals surface area contributed by atoms with E-state index >= 15 is 0 Å². The van der Waals surface area contributed by atoms with Crippen LogP contribution < -0.4 is 10.1 Å². The summed E-state index contributed by atoms with van der Waals surface area (Å²) in [5, 5.41) is 4.77. The van der Waals surface area contributed by atoms with Crippen molar-refractivity contribution in [1.29, 1.82) is 0 Å². The number of aromatic nitrogens is 1. The number of hydrogen-bond donors (Lipinski definition) is 1. The number of aryl methyl sites for hydroxylation is 2. The van der Waals surface area contributed by atoms with Crippen LogP contribution >= 0.6 is 11.3 Å². The molecule has 4 nitrogen and oxygen atoms in total. The highest BCUT2D eigenvalue weighted by Crippen LogP contribution is 2.32. The first-order valence-corrected chi connectivity index (χ1v) is 9.67. The number of rotatable bonds is 3. The second-order valence-electron chi connectivity index (χ2n) is 7.62. The van der Waals surface area contributed by atoms with Gasteiger partial charge < -0.3 is 10.1 Å². The first-order valence-electron chi connectivity index (χ1n) is 8.86. The second kappa shape index (κ2) is 7.16. The van der Waals surface area contributed by atoms with Crippen LogP contribution in [0.3, 0.4) is 0 Å².